The van der Waals surface area contributed by atoms with Crippen molar-refractivity contribution in [3.8, 4) is 5.75 Å². The molecule has 7 heteroatoms. The number of nitrogens with zero attached hydrogens (tertiary/aromatic N) is 1. The van der Waals surface area contributed by atoms with E-state index in [1.165, 1.54) is 7.05 Å². The third-order valence-corrected chi connectivity index (χ3v) is 6.97. The zero-order valence-electron chi connectivity index (χ0n) is 17.3. The van der Waals surface area contributed by atoms with Gasteiger partial charge in [0.2, 0.25) is 10.0 Å². The molecule has 156 valence electrons. The van der Waals surface area contributed by atoms with Crippen molar-refractivity contribution in [3.05, 3.63) is 59.7 Å². The van der Waals surface area contributed by atoms with Crippen molar-refractivity contribution in [2.75, 3.05) is 17.6 Å². The van der Waals surface area contributed by atoms with Crippen molar-refractivity contribution in [1.29, 1.82) is 0 Å². The number of rotatable bonds is 6. The molecular formula is C22H28N2O4S. The highest BCUT2D eigenvalue weighted by Crippen LogP contribution is 2.42. The molecule has 0 fully saturated rings. The summed E-state index contributed by atoms with van der Waals surface area (Å²) in [6.45, 7) is 4.18. The second kappa shape index (κ2) is 8.06. The number of sulfonamides is 1. The predicted molar refractivity (Wildman–Crippen MR) is 115 cm³/mol. The van der Waals surface area contributed by atoms with Crippen LogP contribution in [-0.4, -0.2) is 33.2 Å². The molecule has 0 unspecified atom stereocenters. The van der Waals surface area contributed by atoms with E-state index < -0.39 is 10.0 Å². The molecule has 29 heavy (non-hydrogen) atoms. The lowest BCUT2D eigenvalue weighted by atomic mass is 9.83. The second-order valence-electron chi connectivity index (χ2n) is 7.51. The van der Waals surface area contributed by atoms with Crippen LogP contribution in [0.4, 0.5) is 5.69 Å². The molecule has 1 aliphatic rings. The fourth-order valence-corrected chi connectivity index (χ4v) is 4.30. The Labute approximate surface area is 172 Å². The normalized spacial score (nSPS) is 17.7. The molecule has 0 aliphatic carbocycles. The fourth-order valence-electron chi connectivity index (χ4n) is 3.78. The standard InChI is InChI=1S/C22H28N2O4S/c1-5-22(6-2)15-18(16-11-8-10-14-20(16)28-22)23-21(25)17-12-7-9-13-19(17)24(3)29(4,26)27/h7-14,18H,5-6,15H2,1-4H3,(H,23,25)/t18-/m1/s1. The number of nitrogens with one attached hydrogen (secondary N) is 1. The molecule has 3 rings (SSSR count). The molecule has 0 spiro atoms. The van der Waals surface area contributed by atoms with Crippen LogP contribution < -0.4 is 14.4 Å². The molecule has 1 aliphatic heterocycles. The van der Waals surface area contributed by atoms with Crippen LogP contribution >= 0.6 is 0 Å². The van der Waals surface area contributed by atoms with Gasteiger partial charge in [-0.05, 0) is 31.0 Å². The van der Waals surface area contributed by atoms with Gasteiger partial charge in [-0.2, -0.15) is 0 Å². The number of carbonyl (C=O) groups excluding carboxylic acids is 1. The van der Waals surface area contributed by atoms with E-state index >= 15 is 0 Å². The predicted octanol–water partition coefficient (Wildman–Crippen LogP) is 3.89. The Balaban J connectivity index is 1.95. The van der Waals surface area contributed by atoms with Crippen molar-refractivity contribution in [2.24, 2.45) is 0 Å². The molecule has 2 aromatic rings. The topological polar surface area (TPSA) is 75.7 Å². The first-order valence-electron chi connectivity index (χ1n) is 9.82. The van der Waals surface area contributed by atoms with Crippen LogP contribution in [-0.2, 0) is 10.0 Å². The number of hydrogen-bond acceptors (Lipinski definition) is 4. The number of carbonyl (C=O) groups is 1. The zero-order chi connectivity index (χ0) is 21.2. The van der Waals surface area contributed by atoms with Gasteiger partial charge < -0.3 is 10.1 Å². The summed E-state index contributed by atoms with van der Waals surface area (Å²) in [5.74, 6) is 0.480. The molecule has 0 radical (unpaired) electrons. The van der Waals surface area contributed by atoms with Crippen molar-refractivity contribution in [2.45, 2.75) is 44.8 Å². The smallest absolute Gasteiger partial charge is 0.253 e. The Bertz CT molecular complexity index is 999. The molecule has 0 bridgehead atoms. The van der Waals surface area contributed by atoms with Crippen molar-refractivity contribution in [1.82, 2.24) is 5.32 Å². The monoisotopic (exact) mass is 416 g/mol. The number of para-hydroxylation sites is 2. The van der Waals surface area contributed by atoms with E-state index in [1.54, 1.807) is 24.3 Å². The molecule has 1 amide bonds. The summed E-state index contributed by atoms with van der Waals surface area (Å²) < 4.78 is 31.4. The summed E-state index contributed by atoms with van der Waals surface area (Å²) in [6.07, 6.45) is 3.44. The van der Waals surface area contributed by atoms with Gasteiger partial charge in [-0.3, -0.25) is 9.10 Å². The summed E-state index contributed by atoms with van der Waals surface area (Å²) in [7, 11) is -2.04. The average molecular weight is 417 g/mol. The third-order valence-electron chi connectivity index (χ3n) is 5.78. The van der Waals surface area contributed by atoms with Crippen molar-refractivity contribution >= 4 is 21.6 Å². The highest BCUT2D eigenvalue weighted by molar-refractivity contribution is 7.92. The van der Waals surface area contributed by atoms with Crippen LogP contribution in [0.2, 0.25) is 0 Å². The van der Waals surface area contributed by atoms with E-state index in [0.717, 1.165) is 34.7 Å². The van der Waals surface area contributed by atoms with Gasteiger partial charge in [-0.1, -0.05) is 44.2 Å². The first-order chi connectivity index (χ1) is 13.7. The van der Waals surface area contributed by atoms with Gasteiger partial charge in [0, 0.05) is 19.0 Å². The molecule has 0 aromatic heterocycles. The summed E-state index contributed by atoms with van der Waals surface area (Å²) >= 11 is 0. The van der Waals surface area contributed by atoms with Crippen LogP contribution in [0.1, 0.15) is 55.1 Å². The highest BCUT2D eigenvalue weighted by atomic mass is 32.2. The first kappa shape index (κ1) is 21.2. The van der Waals surface area contributed by atoms with E-state index in [0.29, 0.717) is 17.7 Å². The number of anilines is 1. The Morgan fingerprint density at radius 1 is 1.14 bits per heavy atom. The maximum Gasteiger partial charge on any atom is 0.253 e. The van der Waals surface area contributed by atoms with Crippen molar-refractivity contribution < 1.29 is 17.9 Å². The quantitative estimate of drug-likeness (QED) is 0.775. The first-order valence-corrected chi connectivity index (χ1v) is 11.7. The lowest BCUT2D eigenvalue weighted by Crippen LogP contribution is -2.44. The van der Waals surface area contributed by atoms with Crippen LogP contribution in [0.5, 0.6) is 5.75 Å². The van der Waals surface area contributed by atoms with Gasteiger partial charge in [0.25, 0.3) is 5.91 Å². The molecule has 1 heterocycles. The van der Waals surface area contributed by atoms with Gasteiger partial charge in [-0.15, -0.1) is 0 Å². The summed E-state index contributed by atoms with van der Waals surface area (Å²) in [4.78, 5) is 13.2. The third kappa shape index (κ3) is 4.24. The molecule has 1 atom stereocenters. The Kier molecular flexibility index (Phi) is 5.89. The summed E-state index contributed by atoms with van der Waals surface area (Å²) in [5, 5.41) is 3.12. The second-order valence-corrected chi connectivity index (χ2v) is 9.52. The van der Waals surface area contributed by atoms with Crippen LogP contribution in [0, 0.1) is 0 Å². The summed E-state index contributed by atoms with van der Waals surface area (Å²) in [6, 6.07) is 14.3. The van der Waals surface area contributed by atoms with Gasteiger partial charge >= 0.3 is 0 Å². The van der Waals surface area contributed by atoms with E-state index in [4.69, 9.17) is 4.74 Å². The molecule has 1 N–H and O–H groups in total. The van der Waals surface area contributed by atoms with Gasteiger partial charge in [0.05, 0.1) is 23.5 Å². The lowest BCUT2D eigenvalue weighted by Gasteiger charge is -2.41. The van der Waals surface area contributed by atoms with Crippen LogP contribution in [0.25, 0.3) is 0 Å². The molecular weight excluding hydrogens is 388 g/mol. The van der Waals surface area contributed by atoms with Crippen LogP contribution in [0.15, 0.2) is 48.5 Å². The minimum Gasteiger partial charge on any atom is -0.487 e. The van der Waals surface area contributed by atoms with E-state index in [2.05, 4.69) is 19.2 Å². The Morgan fingerprint density at radius 3 is 2.41 bits per heavy atom. The molecule has 0 saturated carbocycles. The number of amides is 1. The minimum absolute atomic E-state index is 0.219. The number of benzene rings is 2. The molecule has 2 aromatic carbocycles. The molecule has 6 nitrogen and oxygen atoms in total. The lowest BCUT2D eigenvalue weighted by molar-refractivity contribution is 0.0227. The van der Waals surface area contributed by atoms with E-state index in [1.807, 2.05) is 24.3 Å². The highest BCUT2D eigenvalue weighted by Gasteiger charge is 2.39. The van der Waals surface area contributed by atoms with Crippen molar-refractivity contribution in [3.63, 3.8) is 0 Å². The Morgan fingerprint density at radius 2 is 1.76 bits per heavy atom. The number of ether oxygens (including phenoxy) is 1. The van der Waals surface area contributed by atoms with Crippen LogP contribution in [0.3, 0.4) is 0 Å². The number of hydrogen-bond donors (Lipinski definition) is 1. The maximum atomic E-state index is 13.2. The fraction of sp³-hybridized carbons (Fsp3) is 0.409. The van der Waals surface area contributed by atoms with Gasteiger partial charge in [-0.25, -0.2) is 8.42 Å². The van der Waals surface area contributed by atoms with E-state index in [9.17, 15) is 13.2 Å². The molecule has 0 saturated heterocycles. The SMILES string of the molecule is CCC1(CC)C[C@@H](NC(=O)c2ccccc2N(C)S(C)(=O)=O)c2ccccc2O1. The number of fused-ring (bicyclic) bond motifs is 1. The zero-order valence-corrected chi connectivity index (χ0v) is 18.1. The minimum atomic E-state index is -3.49. The largest absolute Gasteiger partial charge is 0.487 e. The van der Waals surface area contributed by atoms with Gasteiger partial charge in [0.15, 0.2) is 0 Å². The average Bonchev–Trinajstić information content (AvgIpc) is 2.72. The van der Waals surface area contributed by atoms with Gasteiger partial charge in [0.1, 0.15) is 11.4 Å². The maximum absolute atomic E-state index is 13.2. The summed E-state index contributed by atoms with van der Waals surface area (Å²) in [5.41, 5.74) is 1.27. The van der Waals surface area contributed by atoms with E-state index in [-0.39, 0.29) is 17.6 Å². The Hall–Kier alpha value is -2.54.